The Hall–Kier alpha value is -0.320. The minimum absolute atomic E-state index is 0. The molecule has 2 fully saturated rings. The number of hydrogen-bond acceptors (Lipinski definition) is 3. The van der Waals surface area contributed by atoms with E-state index in [2.05, 4.69) is 17.6 Å². The maximum atomic E-state index is 12.2. The van der Waals surface area contributed by atoms with Crippen LogP contribution >= 0.6 is 12.4 Å². The summed E-state index contributed by atoms with van der Waals surface area (Å²) in [7, 11) is 1.75. The van der Waals surface area contributed by atoms with Gasteiger partial charge in [-0.15, -0.1) is 12.4 Å². The summed E-state index contributed by atoms with van der Waals surface area (Å²) in [6.45, 7) is 5.68. The second-order valence-electron chi connectivity index (χ2n) is 6.00. The molecule has 0 aromatic carbocycles. The predicted octanol–water partition coefficient (Wildman–Crippen LogP) is 1.73. The van der Waals surface area contributed by atoms with Gasteiger partial charge in [0.25, 0.3) is 0 Å². The topological polar surface area (TPSA) is 50.4 Å². The minimum atomic E-state index is -0.0266. The number of carbonyl (C=O) groups is 1. The highest BCUT2D eigenvalue weighted by Gasteiger charge is 2.48. The Labute approximate surface area is 122 Å². The summed E-state index contributed by atoms with van der Waals surface area (Å²) >= 11 is 0. The molecule has 2 N–H and O–H groups in total. The molecule has 0 spiro atoms. The van der Waals surface area contributed by atoms with Crippen LogP contribution in [-0.2, 0) is 9.53 Å². The fourth-order valence-electron chi connectivity index (χ4n) is 2.98. The summed E-state index contributed by atoms with van der Waals surface area (Å²) in [5.74, 6) is 0.263. The second-order valence-corrected chi connectivity index (χ2v) is 6.00. The molecule has 1 saturated heterocycles. The van der Waals surface area contributed by atoms with E-state index in [1.54, 1.807) is 7.11 Å². The van der Waals surface area contributed by atoms with E-state index in [-0.39, 0.29) is 29.1 Å². The third-order valence-corrected chi connectivity index (χ3v) is 4.75. The van der Waals surface area contributed by atoms with Crippen LogP contribution in [-0.4, -0.2) is 39.3 Å². The highest BCUT2D eigenvalue weighted by Crippen LogP contribution is 2.48. The Morgan fingerprint density at radius 2 is 1.89 bits per heavy atom. The maximum Gasteiger partial charge on any atom is 0.226 e. The molecule has 1 amide bonds. The van der Waals surface area contributed by atoms with E-state index >= 15 is 0 Å². The normalized spacial score (nSPS) is 23.3. The zero-order valence-electron chi connectivity index (χ0n) is 12.1. The summed E-state index contributed by atoms with van der Waals surface area (Å²) in [4.78, 5) is 12.2. The van der Waals surface area contributed by atoms with Crippen LogP contribution in [0, 0.1) is 10.8 Å². The summed E-state index contributed by atoms with van der Waals surface area (Å²) < 4.78 is 5.37. The van der Waals surface area contributed by atoms with Gasteiger partial charge in [0.05, 0.1) is 6.61 Å². The van der Waals surface area contributed by atoms with Crippen LogP contribution in [0.2, 0.25) is 0 Å². The van der Waals surface area contributed by atoms with E-state index in [1.165, 1.54) is 0 Å². The zero-order valence-corrected chi connectivity index (χ0v) is 12.9. The van der Waals surface area contributed by atoms with Crippen molar-refractivity contribution in [3.05, 3.63) is 0 Å². The summed E-state index contributed by atoms with van der Waals surface area (Å²) in [5, 5.41) is 6.56. The first-order valence-corrected chi connectivity index (χ1v) is 7.14. The van der Waals surface area contributed by atoms with Crippen LogP contribution in [0.25, 0.3) is 0 Å². The standard InChI is InChI=1S/C14H26N2O2.ClH/c1-3-14(4-5-14)12(17)16-10-13(11-18-2)6-8-15-9-7-13;/h15H,3-11H2,1-2H3,(H,16,17);1H. The first-order chi connectivity index (χ1) is 8.66. The monoisotopic (exact) mass is 290 g/mol. The van der Waals surface area contributed by atoms with Crippen LogP contribution in [0.15, 0.2) is 0 Å². The number of amides is 1. The van der Waals surface area contributed by atoms with E-state index in [0.29, 0.717) is 0 Å². The molecule has 0 aromatic heterocycles. The summed E-state index contributed by atoms with van der Waals surface area (Å²) in [5.41, 5.74) is 0.112. The molecule has 1 aliphatic carbocycles. The fourth-order valence-corrected chi connectivity index (χ4v) is 2.98. The number of hydrogen-bond donors (Lipinski definition) is 2. The Bertz CT molecular complexity index is 294. The molecule has 0 aromatic rings. The number of methoxy groups -OCH3 is 1. The van der Waals surface area contributed by atoms with Crippen molar-refractivity contribution in [1.29, 1.82) is 0 Å². The first kappa shape index (κ1) is 16.7. The van der Waals surface area contributed by atoms with E-state index < -0.39 is 0 Å². The molecule has 19 heavy (non-hydrogen) atoms. The van der Waals surface area contributed by atoms with Crippen LogP contribution in [0.3, 0.4) is 0 Å². The van der Waals surface area contributed by atoms with Crippen molar-refractivity contribution in [3.63, 3.8) is 0 Å². The number of carbonyl (C=O) groups excluding carboxylic acids is 1. The Kier molecular flexibility index (Phi) is 6.09. The van der Waals surface area contributed by atoms with Crippen molar-refractivity contribution < 1.29 is 9.53 Å². The molecule has 112 valence electrons. The van der Waals surface area contributed by atoms with Gasteiger partial charge in [-0.2, -0.15) is 0 Å². The third-order valence-electron chi connectivity index (χ3n) is 4.75. The highest BCUT2D eigenvalue weighted by atomic mass is 35.5. The van der Waals surface area contributed by atoms with Crippen molar-refractivity contribution in [2.75, 3.05) is 33.4 Å². The SMILES string of the molecule is CCC1(C(=O)NCC2(COC)CCNCC2)CC1.Cl. The van der Waals surface area contributed by atoms with E-state index in [0.717, 1.165) is 58.3 Å². The molecular weight excluding hydrogens is 264 g/mol. The smallest absolute Gasteiger partial charge is 0.226 e. The lowest BCUT2D eigenvalue weighted by atomic mass is 9.79. The molecule has 2 aliphatic rings. The van der Waals surface area contributed by atoms with Crippen LogP contribution in [0.1, 0.15) is 39.0 Å². The van der Waals surface area contributed by atoms with Gasteiger partial charge in [-0.3, -0.25) is 4.79 Å². The van der Waals surface area contributed by atoms with E-state index in [9.17, 15) is 4.79 Å². The number of piperidine rings is 1. The highest BCUT2D eigenvalue weighted by molar-refractivity contribution is 5.85. The first-order valence-electron chi connectivity index (χ1n) is 7.14. The molecule has 0 radical (unpaired) electrons. The number of nitrogens with one attached hydrogen (secondary N) is 2. The van der Waals surface area contributed by atoms with Gasteiger partial charge in [0.1, 0.15) is 0 Å². The molecule has 1 heterocycles. The van der Waals surface area contributed by atoms with Crippen LogP contribution in [0.5, 0.6) is 0 Å². The van der Waals surface area contributed by atoms with Crippen molar-refractivity contribution in [1.82, 2.24) is 10.6 Å². The van der Waals surface area contributed by atoms with E-state index in [1.807, 2.05) is 0 Å². The van der Waals surface area contributed by atoms with Gasteiger partial charge in [-0.05, 0) is 45.2 Å². The van der Waals surface area contributed by atoms with Gasteiger partial charge in [0.2, 0.25) is 5.91 Å². The maximum absolute atomic E-state index is 12.2. The minimum Gasteiger partial charge on any atom is -0.384 e. The second kappa shape index (κ2) is 6.91. The molecule has 1 aliphatic heterocycles. The van der Waals surface area contributed by atoms with Gasteiger partial charge in [0.15, 0.2) is 0 Å². The molecule has 0 unspecified atom stereocenters. The predicted molar refractivity (Wildman–Crippen MR) is 78.6 cm³/mol. The molecular formula is C14H27ClN2O2. The lowest BCUT2D eigenvalue weighted by molar-refractivity contribution is -0.127. The molecule has 1 saturated carbocycles. The molecule has 4 nitrogen and oxygen atoms in total. The molecule has 5 heteroatoms. The van der Waals surface area contributed by atoms with Crippen molar-refractivity contribution >= 4 is 18.3 Å². The van der Waals surface area contributed by atoms with Crippen molar-refractivity contribution in [2.24, 2.45) is 10.8 Å². The summed E-state index contributed by atoms with van der Waals surface area (Å²) in [6, 6.07) is 0. The average Bonchev–Trinajstić information content (AvgIpc) is 3.19. The van der Waals surface area contributed by atoms with Crippen LogP contribution in [0.4, 0.5) is 0 Å². The number of ether oxygens (including phenoxy) is 1. The molecule has 0 atom stereocenters. The molecule has 0 bridgehead atoms. The largest absolute Gasteiger partial charge is 0.384 e. The quantitative estimate of drug-likeness (QED) is 0.783. The van der Waals surface area contributed by atoms with Crippen molar-refractivity contribution in [3.8, 4) is 0 Å². The number of rotatable bonds is 6. The zero-order chi connectivity index (χ0) is 13.1. The fraction of sp³-hybridized carbons (Fsp3) is 0.929. The lowest BCUT2D eigenvalue weighted by Gasteiger charge is -2.37. The van der Waals surface area contributed by atoms with Gasteiger partial charge < -0.3 is 15.4 Å². The molecule has 2 rings (SSSR count). The lowest BCUT2D eigenvalue weighted by Crippen LogP contribution is -2.48. The Morgan fingerprint density at radius 1 is 1.26 bits per heavy atom. The summed E-state index contributed by atoms with van der Waals surface area (Å²) in [6.07, 6.45) is 5.26. The number of halogens is 1. The third kappa shape index (κ3) is 3.83. The Morgan fingerprint density at radius 3 is 2.37 bits per heavy atom. The van der Waals surface area contributed by atoms with Gasteiger partial charge in [-0.25, -0.2) is 0 Å². The van der Waals surface area contributed by atoms with Gasteiger partial charge >= 0.3 is 0 Å². The van der Waals surface area contributed by atoms with Crippen LogP contribution < -0.4 is 10.6 Å². The van der Waals surface area contributed by atoms with Gasteiger partial charge in [-0.1, -0.05) is 6.92 Å². The van der Waals surface area contributed by atoms with Crippen molar-refractivity contribution in [2.45, 2.75) is 39.0 Å². The Balaban J connectivity index is 0.00000180. The van der Waals surface area contributed by atoms with Gasteiger partial charge in [0, 0.05) is 24.5 Å². The van der Waals surface area contributed by atoms with E-state index in [4.69, 9.17) is 4.74 Å². The average molecular weight is 291 g/mol.